The van der Waals surface area contributed by atoms with Crippen molar-refractivity contribution in [3.05, 3.63) is 61.6 Å². The average Bonchev–Trinajstić information content (AvgIpc) is 2.80. The number of hydrogen-bond donors (Lipinski definition) is 2. The van der Waals surface area contributed by atoms with Crippen molar-refractivity contribution in [1.82, 2.24) is 0 Å². The number of carbonyl (C=O) groups excluding carboxylic acids is 2. The van der Waals surface area contributed by atoms with Crippen LogP contribution < -0.4 is 11.5 Å². The van der Waals surface area contributed by atoms with Gasteiger partial charge >= 0.3 is 11.9 Å². The Bertz CT molecular complexity index is 642. The van der Waals surface area contributed by atoms with Gasteiger partial charge in [0, 0.05) is 24.8 Å². The number of hydrogen-bond acceptors (Lipinski definition) is 8. The highest BCUT2D eigenvalue weighted by atomic mass is 16.5. The first kappa shape index (κ1) is 29.2. The Labute approximate surface area is 191 Å². The van der Waals surface area contributed by atoms with Crippen molar-refractivity contribution in [3.63, 3.8) is 0 Å². The number of unbranched alkanes of at least 4 members (excludes halogenated alkanes) is 4. The van der Waals surface area contributed by atoms with Crippen molar-refractivity contribution in [2.45, 2.75) is 44.6 Å². The Kier molecular flexibility index (Phi) is 18.3. The molecule has 180 valence electrons. The SMILES string of the molecule is C=CC(=O)OCCCCCOC/C=C(N)\C(=C/C(N)C=C)OCCCCCOC(=O)C=C. The maximum Gasteiger partial charge on any atom is 0.330 e. The summed E-state index contributed by atoms with van der Waals surface area (Å²) in [5, 5.41) is 0. The van der Waals surface area contributed by atoms with E-state index in [2.05, 4.69) is 19.7 Å². The molecule has 0 rings (SSSR count). The Morgan fingerprint density at radius 2 is 1.28 bits per heavy atom. The van der Waals surface area contributed by atoms with Crippen molar-refractivity contribution in [2.75, 3.05) is 33.0 Å². The molecule has 0 aliphatic heterocycles. The van der Waals surface area contributed by atoms with Gasteiger partial charge < -0.3 is 30.4 Å². The van der Waals surface area contributed by atoms with E-state index in [0.29, 0.717) is 44.5 Å². The van der Waals surface area contributed by atoms with Crippen LogP contribution in [0.5, 0.6) is 0 Å². The number of carbonyl (C=O) groups is 2. The van der Waals surface area contributed by atoms with Crippen LogP contribution in [-0.2, 0) is 28.5 Å². The fourth-order valence-electron chi connectivity index (χ4n) is 2.31. The van der Waals surface area contributed by atoms with Crippen LogP contribution in [0.1, 0.15) is 38.5 Å². The first-order chi connectivity index (χ1) is 15.4. The molecule has 0 aromatic rings. The molecule has 8 nitrogen and oxygen atoms in total. The highest BCUT2D eigenvalue weighted by Gasteiger charge is 2.05. The molecule has 4 N–H and O–H groups in total. The molecule has 32 heavy (non-hydrogen) atoms. The number of ether oxygens (including phenoxy) is 4. The quantitative estimate of drug-likeness (QED) is 0.0724. The molecule has 1 atom stereocenters. The van der Waals surface area contributed by atoms with E-state index < -0.39 is 11.9 Å². The van der Waals surface area contributed by atoms with E-state index in [-0.39, 0.29) is 6.04 Å². The molecule has 0 radical (unpaired) electrons. The lowest BCUT2D eigenvalue weighted by atomic mass is 10.2. The lowest BCUT2D eigenvalue weighted by Crippen LogP contribution is -2.17. The summed E-state index contributed by atoms with van der Waals surface area (Å²) in [6.45, 7) is 12.5. The van der Waals surface area contributed by atoms with Crippen LogP contribution in [0, 0.1) is 0 Å². The van der Waals surface area contributed by atoms with Crippen molar-refractivity contribution in [3.8, 4) is 0 Å². The van der Waals surface area contributed by atoms with Gasteiger partial charge in [0.15, 0.2) is 0 Å². The number of esters is 2. The third-order valence-corrected chi connectivity index (χ3v) is 4.12. The largest absolute Gasteiger partial charge is 0.492 e. The molecule has 0 fully saturated rings. The summed E-state index contributed by atoms with van der Waals surface area (Å²) in [6.07, 6.45) is 12.2. The van der Waals surface area contributed by atoms with E-state index >= 15 is 0 Å². The predicted molar refractivity (Wildman–Crippen MR) is 125 cm³/mol. The summed E-state index contributed by atoms with van der Waals surface area (Å²) >= 11 is 0. The molecule has 0 saturated heterocycles. The second-order valence-electron chi connectivity index (χ2n) is 6.79. The molecular formula is C24H38N2O6. The van der Waals surface area contributed by atoms with E-state index in [0.717, 1.165) is 50.7 Å². The van der Waals surface area contributed by atoms with Gasteiger partial charge in [-0.2, -0.15) is 0 Å². The fraction of sp³-hybridized carbons (Fsp3) is 0.500. The zero-order valence-electron chi connectivity index (χ0n) is 19.0. The molecular weight excluding hydrogens is 412 g/mol. The van der Waals surface area contributed by atoms with E-state index in [1.54, 1.807) is 18.2 Å². The van der Waals surface area contributed by atoms with Crippen LogP contribution in [0.4, 0.5) is 0 Å². The molecule has 0 bridgehead atoms. The first-order valence-electron chi connectivity index (χ1n) is 10.8. The minimum absolute atomic E-state index is 0.343. The van der Waals surface area contributed by atoms with Crippen molar-refractivity contribution in [1.29, 1.82) is 0 Å². The molecule has 0 amide bonds. The molecule has 8 heteroatoms. The number of rotatable bonds is 20. The van der Waals surface area contributed by atoms with Crippen LogP contribution in [0.25, 0.3) is 0 Å². The Morgan fingerprint density at radius 1 is 0.781 bits per heavy atom. The smallest absolute Gasteiger partial charge is 0.330 e. The summed E-state index contributed by atoms with van der Waals surface area (Å²) in [6, 6.07) is -0.383. The normalized spacial score (nSPS) is 12.5. The van der Waals surface area contributed by atoms with Gasteiger partial charge in [-0.05, 0) is 50.7 Å². The summed E-state index contributed by atoms with van der Waals surface area (Å²) < 4.78 is 21.2. The van der Waals surface area contributed by atoms with Crippen molar-refractivity contribution >= 4 is 11.9 Å². The minimum atomic E-state index is -0.418. The second-order valence-corrected chi connectivity index (χ2v) is 6.79. The fourth-order valence-corrected chi connectivity index (χ4v) is 2.31. The summed E-state index contributed by atoms with van der Waals surface area (Å²) in [4.78, 5) is 21.9. The maximum absolute atomic E-state index is 11.0. The number of nitrogens with two attached hydrogens (primary N) is 2. The predicted octanol–water partition coefficient (Wildman–Crippen LogP) is 3.06. The topological polar surface area (TPSA) is 123 Å². The van der Waals surface area contributed by atoms with Crippen LogP contribution in [0.2, 0.25) is 0 Å². The zero-order chi connectivity index (χ0) is 24.0. The van der Waals surface area contributed by atoms with E-state index in [4.69, 9.17) is 30.4 Å². The van der Waals surface area contributed by atoms with Gasteiger partial charge in [0.2, 0.25) is 0 Å². The lowest BCUT2D eigenvalue weighted by Gasteiger charge is -2.13. The molecule has 0 spiro atoms. The van der Waals surface area contributed by atoms with Crippen LogP contribution >= 0.6 is 0 Å². The standard InChI is InChI=1S/C24H38N2O6/c1-4-20(25)19-22(30-15-10-8-12-17-32-24(28)6-3)21(26)13-18-29-14-9-7-11-16-31-23(27)5-2/h4-6,13,19-20H,1-3,7-12,14-18,25-26H2/b21-13+,22-19+. The Balaban J connectivity index is 4.18. The zero-order valence-corrected chi connectivity index (χ0v) is 19.0. The average molecular weight is 451 g/mol. The van der Waals surface area contributed by atoms with Gasteiger partial charge in [-0.25, -0.2) is 9.59 Å². The summed E-state index contributed by atoms with van der Waals surface area (Å²) in [7, 11) is 0. The summed E-state index contributed by atoms with van der Waals surface area (Å²) in [5.74, 6) is -0.333. The second kappa shape index (κ2) is 20.1. The van der Waals surface area contributed by atoms with E-state index in [9.17, 15) is 9.59 Å². The van der Waals surface area contributed by atoms with Gasteiger partial charge in [-0.1, -0.05) is 19.2 Å². The highest BCUT2D eigenvalue weighted by Crippen LogP contribution is 2.10. The molecule has 0 heterocycles. The lowest BCUT2D eigenvalue weighted by molar-refractivity contribution is -0.138. The minimum Gasteiger partial charge on any atom is -0.492 e. The molecule has 0 aromatic heterocycles. The van der Waals surface area contributed by atoms with Crippen LogP contribution in [0.15, 0.2) is 61.6 Å². The summed E-state index contributed by atoms with van der Waals surface area (Å²) in [5.41, 5.74) is 12.5. The third kappa shape index (κ3) is 16.9. The van der Waals surface area contributed by atoms with Gasteiger partial charge in [0.25, 0.3) is 0 Å². The Hall–Kier alpha value is -2.84. The molecule has 1 unspecified atom stereocenters. The highest BCUT2D eigenvalue weighted by molar-refractivity contribution is 5.81. The van der Waals surface area contributed by atoms with Gasteiger partial charge in [-0.15, -0.1) is 6.58 Å². The van der Waals surface area contributed by atoms with Gasteiger partial charge in [0.05, 0.1) is 32.1 Å². The molecule has 0 aliphatic carbocycles. The molecule has 0 saturated carbocycles. The Morgan fingerprint density at radius 3 is 1.78 bits per heavy atom. The third-order valence-electron chi connectivity index (χ3n) is 4.12. The van der Waals surface area contributed by atoms with Gasteiger partial charge in [-0.3, -0.25) is 0 Å². The maximum atomic E-state index is 11.0. The molecule has 0 aromatic carbocycles. The van der Waals surface area contributed by atoms with Gasteiger partial charge in [0.1, 0.15) is 5.76 Å². The first-order valence-corrected chi connectivity index (χ1v) is 10.8. The van der Waals surface area contributed by atoms with Crippen LogP contribution in [0.3, 0.4) is 0 Å². The van der Waals surface area contributed by atoms with E-state index in [1.807, 2.05) is 0 Å². The van der Waals surface area contributed by atoms with Crippen LogP contribution in [-0.4, -0.2) is 51.0 Å². The van der Waals surface area contributed by atoms with E-state index in [1.165, 1.54) is 0 Å². The van der Waals surface area contributed by atoms with Crippen molar-refractivity contribution in [2.24, 2.45) is 11.5 Å². The molecule has 0 aliphatic rings. The van der Waals surface area contributed by atoms with Crippen molar-refractivity contribution < 1.29 is 28.5 Å². The monoisotopic (exact) mass is 450 g/mol.